The van der Waals surface area contributed by atoms with E-state index in [1.54, 1.807) is 0 Å². The molecule has 10 heteroatoms. The van der Waals surface area contributed by atoms with E-state index in [2.05, 4.69) is 15.3 Å². The molecule has 0 saturated carbocycles. The average molecular weight is 495 g/mol. The molecule has 182 valence electrons. The van der Waals surface area contributed by atoms with Crippen molar-refractivity contribution in [1.82, 2.24) is 15.2 Å². The number of nitrogens with one attached hydrogen (secondary N) is 1. The van der Waals surface area contributed by atoms with Gasteiger partial charge in [-0.15, -0.1) is 0 Å². The maximum Gasteiger partial charge on any atom is 0.303 e. The molecule has 0 radical (unpaired) electrons. The number of benzene rings is 2. The van der Waals surface area contributed by atoms with Crippen LogP contribution in [0.5, 0.6) is 0 Å². The molecule has 2 N–H and O–H groups in total. The number of piperazine rings is 1. The summed E-state index contributed by atoms with van der Waals surface area (Å²) in [7, 11) is 0. The van der Waals surface area contributed by atoms with E-state index in [1.807, 2.05) is 60.4 Å². The van der Waals surface area contributed by atoms with Crippen LogP contribution in [0.1, 0.15) is 35.7 Å². The molecule has 4 rings (SSSR count). The minimum atomic E-state index is -0.711. The Labute approximate surface area is 208 Å². The summed E-state index contributed by atoms with van der Waals surface area (Å²) in [5, 5.41) is 16.1. The number of nitrogens with zero attached hydrogens (tertiary/aromatic N) is 5. The van der Waals surface area contributed by atoms with Gasteiger partial charge in [0.2, 0.25) is 0 Å². The fraction of sp³-hybridized carbons (Fsp3) is 0.320. The molecule has 35 heavy (non-hydrogen) atoms. The van der Waals surface area contributed by atoms with Crippen molar-refractivity contribution in [3.63, 3.8) is 0 Å². The van der Waals surface area contributed by atoms with E-state index < -0.39 is 5.97 Å². The number of hydrogen-bond acceptors (Lipinski definition) is 5. The van der Waals surface area contributed by atoms with Gasteiger partial charge in [-0.1, -0.05) is 54.0 Å². The molecule has 0 aliphatic carbocycles. The van der Waals surface area contributed by atoms with E-state index >= 15 is 0 Å². The van der Waals surface area contributed by atoms with Crippen molar-refractivity contribution >= 4 is 34.4 Å². The second kappa shape index (κ2) is 12.7. The van der Waals surface area contributed by atoms with E-state index in [0.29, 0.717) is 42.2 Å². The predicted octanol–water partition coefficient (Wildman–Crippen LogP) is 5.28. The normalized spacial score (nSPS) is 12.9. The number of aromatic nitrogens is 1. The molecule has 1 amide bonds. The maximum absolute atomic E-state index is 12.8. The van der Waals surface area contributed by atoms with Crippen LogP contribution in [0.3, 0.4) is 0 Å². The highest BCUT2D eigenvalue weighted by atomic mass is 35.5. The number of azide groups is 1. The van der Waals surface area contributed by atoms with Gasteiger partial charge in [-0.05, 0) is 35.7 Å². The van der Waals surface area contributed by atoms with Gasteiger partial charge in [-0.3, -0.25) is 9.59 Å². The SMILES string of the molecule is CCCC(=O)O.[N-]=[N+]=NCc1ccc(-c2cc(Cl)c3ccc(C(=O)N4CCNCC4)cc3n2)cc1. The lowest BCUT2D eigenvalue weighted by Gasteiger charge is -2.27. The molecule has 1 aromatic heterocycles. The summed E-state index contributed by atoms with van der Waals surface area (Å²) in [4.78, 5) is 31.8. The first-order valence-electron chi connectivity index (χ1n) is 11.3. The Balaban J connectivity index is 0.000000509. The number of carboxylic acid groups (broad SMARTS) is 1. The van der Waals surface area contributed by atoms with Crippen LogP contribution >= 0.6 is 11.6 Å². The van der Waals surface area contributed by atoms with Crippen molar-refractivity contribution < 1.29 is 14.7 Å². The third-order valence-corrected chi connectivity index (χ3v) is 5.75. The van der Waals surface area contributed by atoms with Gasteiger partial charge in [-0.2, -0.15) is 0 Å². The van der Waals surface area contributed by atoms with Crippen LogP contribution in [0.25, 0.3) is 32.6 Å². The number of carbonyl (C=O) groups is 2. The minimum Gasteiger partial charge on any atom is -0.481 e. The molecule has 0 spiro atoms. The molecule has 2 heterocycles. The molecular formula is C25H27ClN6O3. The molecule has 2 aromatic carbocycles. The first-order chi connectivity index (χ1) is 16.9. The maximum atomic E-state index is 12.8. The topological polar surface area (TPSA) is 131 Å². The number of pyridine rings is 1. The Kier molecular flexibility index (Phi) is 9.43. The van der Waals surface area contributed by atoms with E-state index in [4.69, 9.17) is 27.2 Å². The van der Waals surface area contributed by atoms with E-state index in [9.17, 15) is 9.59 Å². The molecular weight excluding hydrogens is 468 g/mol. The van der Waals surface area contributed by atoms with Gasteiger partial charge in [-0.25, -0.2) is 4.98 Å². The number of hydrogen-bond donors (Lipinski definition) is 2. The molecule has 1 aliphatic heterocycles. The van der Waals surface area contributed by atoms with Crippen LogP contribution in [0, 0.1) is 0 Å². The number of fused-ring (bicyclic) bond motifs is 1. The zero-order valence-electron chi connectivity index (χ0n) is 19.4. The highest BCUT2D eigenvalue weighted by molar-refractivity contribution is 6.35. The van der Waals surface area contributed by atoms with Crippen molar-refractivity contribution in [3.8, 4) is 11.3 Å². The van der Waals surface area contributed by atoms with E-state index in [0.717, 1.165) is 41.7 Å². The highest BCUT2D eigenvalue weighted by Crippen LogP contribution is 2.29. The Morgan fingerprint density at radius 3 is 2.49 bits per heavy atom. The quantitative estimate of drug-likeness (QED) is 0.273. The van der Waals surface area contributed by atoms with Gasteiger partial charge in [0.25, 0.3) is 5.91 Å². The molecule has 1 aliphatic rings. The first kappa shape index (κ1) is 26.0. The molecule has 1 saturated heterocycles. The summed E-state index contributed by atoms with van der Waals surface area (Å²) in [6, 6.07) is 14.9. The molecule has 1 fully saturated rings. The monoisotopic (exact) mass is 494 g/mol. The van der Waals surface area contributed by atoms with Gasteiger partial charge < -0.3 is 15.3 Å². The molecule has 9 nitrogen and oxygen atoms in total. The van der Waals surface area contributed by atoms with Crippen LogP contribution in [0.2, 0.25) is 5.02 Å². The fourth-order valence-electron chi connectivity index (χ4n) is 3.63. The van der Waals surface area contributed by atoms with Crippen molar-refractivity contribution in [2.24, 2.45) is 5.11 Å². The Morgan fingerprint density at radius 2 is 1.89 bits per heavy atom. The summed E-state index contributed by atoms with van der Waals surface area (Å²) in [5.41, 5.74) is 12.3. The van der Waals surface area contributed by atoms with Crippen LogP contribution in [-0.2, 0) is 11.3 Å². The van der Waals surface area contributed by atoms with Gasteiger partial charge in [0, 0.05) is 54.0 Å². The van der Waals surface area contributed by atoms with Crippen LogP contribution in [0.4, 0.5) is 0 Å². The summed E-state index contributed by atoms with van der Waals surface area (Å²) in [6.45, 7) is 5.17. The summed E-state index contributed by atoms with van der Waals surface area (Å²) in [6.07, 6.45) is 1.02. The molecule has 0 unspecified atom stereocenters. The third-order valence-electron chi connectivity index (χ3n) is 5.44. The minimum absolute atomic E-state index is 0.0131. The predicted molar refractivity (Wildman–Crippen MR) is 136 cm³/mol. The zero-order valence-corrected chi connectivity index (χ0v) is 20.2. The molecule has 3 aromatic rings. The van der Waals surface area contributed by atoms with Crippen molar-refractivity contribution in [3.05, 3.63) is 75.1 Å². The Hall–Kier alpha value is -3.65. The second-order valence-corrected chi connectivity index (χ2v) is 8.40. The van der Waals surface area contributed by atoms with Crippen molar-refractivity contribution in [1.29, 1.82) is 0 Å². The number of carbonyl (C=O) groups excluding carboxylic acids is 1. The van der Waals surface area contributed by atoms with Crippen LogP contribution in [-0.4, -0.2) is 53.0 Å². The fourth-order valence-corrected chi connectivity index (χ4v) is 3.89. The number of aliphatic carboxylic acids is 1. The number of halogens is 1. The lowest BCUT2D eigenvalue weighted by atomic mass is 10.1. The lowest BCUT2D eigenvalue weighted by molar-refractivity contribution is -0.137. The van der Waals surface area contributed by atoms with Gasteiger partial charge in [0.05, 0.1) is 22.8 Å². The van der Waals surface area contributed by atoms with Crippen LogP contribution in [0.15, 0.2) is 53.6 Å². The molecule has 0 atom stereocenters. The zero-order chi connectivity index (χ0) is 25.2. The Bertz CT molecular complexity index is 1240. The first-order valence-corrected chi connectivity index (χ1v) is 11.7. The van der Waals surface area contributed by atoms with Crippen molar-refractivity contribution in [2.75, 3.05) is 26.2 Å². The highest BCUT2D eigenvalue weighted by Gasteiger charge is 2.19. The van der Waals surface area contributed by atoms with Gasteiger partial charge >= 0.3 is 5.97 Å². The second-order valence-electron chi connectivity index (χ2n) is 7.99. The van der Waals surface area contributed by atoms with Crippen LogP contribution < -0.4 is 5.32 Å². The number of amides is 1. The smallest absolute Gasteiger partial charge is 0.303 e. The lowest BCUT2D eigenvalue weighted by Crippen LogP contribution is -2.46. The van der Waals surface area contributed by atoms with E-state index in [1.165, 1.54) is 0 Å². The standard InChI is InChI=1S/C21H19ClN6O.C4H8O2/c22-18-12-19(15-3-1-14(2-4-15)13-25-27-23)26-20-11-16(5-6-17(18)20)21(29)28-9-7-24-8-10-28;1-2-3-4(5)6/h1-6,11-12,24H,7-10,13H2;2-3H2,1H3,(H,5,6). The Morgan fingerprint density at radius 1 is 1.17 bits per heavy atom. The number of carboxylic acids is 1. The summed E-state index contributed by atoms with van der Waals surface area (Å²) < 4.78 is 0. The van der Waals surface area contributed by atoms with Gasteiger partial charge in [0.15, 0.2) is 0 Å². The third kappa shape index (κ3) is 7.16. The summed E-state index contributed by atoms with van der Waals surface area (Å²) in [5.74, 6) is -0.698. The number of rotatable bonds is 6. The summed E-state index contributed by atoms with van der Waals surface area (Å²) >= 11 is 6.49. The van der Waals surface area contributed by atoms with E-state index in [-0.39, 0.29) is 5.91 Å². The molecule has 0 bridgehead atoms. The van der Waals surface area contributed by atoms with Gasteiger partial charge in [0.1, 0.15) is 0 Å². The average Bonchev–Trinajstić information content (AvgIpc) is 2.87. The van der Waals surface area contributed by atoms with Crippen molar-refractivity contribution in [2.45, 2.75) is 26.3 Å². The largest absolute Gasteiger partial charge is 0.481 e.